The quantitative estimate of drug-likeness (QED) is 0.759. The summed E-state index contributed by atoms with van der Waals surface area (Å²) in [5, 5.41) is 0. The van der Waals surface area contributed by atoms with E-state index in [0.29, 0.717) is 0 Å². The van der Waals surface area contributed by atoms with E-state index in [9.17, 15) is 0 Å². The van der Waals surface area contributed by atoms with Crippen LogP contribution in [0.3, 0.4) is 0 Å². The number of aryl methyl sites for hydroxylation is 1. The van der Waals surface area contributed by atoms with Crippen LogP contribution in [0.15, 0.2) is 54.6 Å². The van der Waals surface area contributed by atoms with Crippen molar-refractivity contribution < 1.29 is 0 Å². The predicted molar refractivity (Wildman–Crippen MR) is 83.7 cm³/mol. The van der Waals surface area contributed by atoms with Crippen molar-refractivity contribution in [2.45, 2.75) is 33.2 Å². The van der Waals surface area contributed by atoms with E-state index in [-0.39, 0.29) is 5.54 Å². The molecule has 0 aliphatic rings. The van der Waals surface area contributed by atoms with Crippen molar-refractivity contribution in [2.75, 3.05) is 11.4 Å². The Balaban J connectivity index is 2.45. The van der Waals surface area contributed by atoms with E-state index >= 15 is 0 Å². The van der Waals surface area contributed by atoms with Crippen LogP contribution in [0.1, 0.15) is 31.9 Å². The monoisotopic (exact) mass is 253 g/mol. The molecule has 19 heavy (non-hydrogen) atoms. The van der Waals surface area contributed by atoms with Crippen LogP contribution in [0.2, 0.25) is 0 Å². The molecule has 1 heteroatoms. The minimum Gasteiger partial charge on any atom is -0.362 e. The zero-order valence-corrected chi connectivity index (χ0v) is 12.4. The largest absolute Gasteiger partial charge is 0.362 e. The Kier molecular flexibility index (Phi) is 3.94. The van der Waals surface area contributed by atoms with Crippen LogP contribution in [-0.2, 0) is 5.54 Å². The highest BCUT2D eigenvalue weighted by atomic mass is 15.2. The van der Waals surface area contributed by atoms with Gasteiger partial charge in [-0.2, -0.15) is 0 Å². The first-order valence-corrected chi connectivity index (χ1v) is 6.96. The maximum atomic E-state index is 2.47. The van der Waals surface area contributed by atoms with Crippen molar-refractivity contribution >= 4 is 5.69 Å². The molecule has 0 unspecified atom stereocenters. The van der Waals surface area contributed by atoms with Gasteiger partial charge in [-0.3, -0.25) is 0 Å². The molecule has 0 atom stereocenters. The molecule has 0 aliphatic carbocycles. The van der Waals surface area contributed by atoms with Crippen molar-refractivity contribution in [1.82, 2.24) is 0 Å². The summed E-state index contributed by atoms with van der Waals surface area (Å²) in [5.74, 6) is 0. The fourth-order valence-corrected chi connectivity index (χ4v) is 2.73. The van der Waals surface area contributed by atoms with E-state index in [1.54, 1.807) is 0 Å². The summed E-state index contributed by atoms with van der Waals surface area (Å²) in [5.41, 5.74) is 3.98. The molecule has 0 heterocycles. The zero-order valence-electron chi connectivity index (χ0n) is 12.4. The maximum absolute atomic E-state index is 2.47. The number of rotatable bonds is 4. The van der Waals surface area contributed by atoms with E-state index in [2.05, 4.69) is 87.2 Å². The van der Waals surface area contributed by atoms with E-state index in [1.165, 1.54) is 16.8 Å². The van der Waals surface area contributed by atoms with E-state index in [0.717, 1.165) is 6.54 Å². The first-order valence-electron chi connectivity index (χ1n) is 6.96. The van der Waals surface area contributed by atoms with Crippen LogP contribution >= 0.6 is 0 Å². The highest BCUT2D eigenvalue weighted by molar-refractivity contribution is 5.56. The molecule has 2 aromatic carbocycles. The average molecular weight is 253 g/mol. The molecule has 2 aromatic rings. The Morgan fingerprint density at radius 2 is 1.47 bits per heavy atom. The SMILES string of the molecule is CCN(c1ccccc1C)C(C)(C)c1ccccc1. The molecule has 0 saturated carbocycles. The normalized spacial score (nSPS) is 11.4. The molecule has 2 rings (SSSR count). The van der Waals surface area contributed by atoms with E-state index in [1.807, 2.05) is 0 Å². The second-order valence-electron chi connectivity index (χ2n) is 5.46. The lowest BCUT2D eigenvalue weighted by Crippen LogP contribution is -2.42. The first-order chi connectivity index (χ1) is 9.07. The van der Waals surface area contributed by atoms with Gasteiger partial charge in [0.05, 0.1) is 5.54 Å². The third kappa shape index (κ3) is 2.65. The highest BCUT2D eigenvalue weighted by Crippen LogP contribution is 2.33. The zero-order chi connectivity index (χ0) is 13.9. The van der Waals surface area contributed by atoms with Gasteiger partial charge in [-0.05, 0) is 44.9 Å². The summed E-state index contributed by atoms with van der Waals surface area (Å²) in [6.45, 7) is 9.97. The molecule has 0 N–H and O–H groups in total. The van der Waals surface area contributed by atoms with Gasteiger partial charge in [0.2, 0.25) is 0 Å². The summed E-state index contributed by atoms with van der Waals surface area (Å²) < 4.78 is 0. The fraction of sp³-hybridized carbons (Fsp3) is 0.333. The van der Waals surface area contributed by atoms with Crippen LogP contribution in [0.4, 0.5) is 5.69 Å². The summed E-state index contributed by atoms with van der Waals surface area (Å²) in [7, 11) is 0. The molecule has 1 nitrogen and oxygen atoms in total. The van der Waals surface area contributed by atoms with Crippen LogP contribution < -0.4 is 4.90 Å². The second kappa shape index (κ2) is 5.48. The van der Waals surface area contributed by atoms with Crippen molar-refractivity contribution in [3.8, 4) is 0 Å². The van der Waals surface area contributed by atoms with Gasteiger partial charge in [0.25, 0.3) is 0 Å². The minimum absolute atomic E-state index is 0.0118. The molecule has 0 fully saturated rings. The molecule has 0 aromatic heterocycles. The van der Waals surface area contributed by atoms with Gasteiger partial charge < -0.3 is 4.90 Å². The summed E-state index contributed by atoms with van der Waals surface area (Å²) in [4.78, 5) is 2.47. The number of nitrogens with zero attached hydrogens (tertiary/aromatic N) is 1. The number of para-hydroxylation sites is 1. The lowest BCUT2D eigenvalue weighted by atomic mass is 9.91. The highest BCUT2D eigenvalue weighted by Gasteiger charge is 2.28. The van der Waals surface area contributed by atoms with Gasteiger partial charge >= 0.3 is 0 Å². The summed E-state index contributed by atoms with van der Waals surface area (Å²) in [6, 6.07) is 19.3. The van der Waals surface area contributed by atoms with E-state index in [4.69, 9.17) is 0 Å². The molecule has 0 spiro atoms. The van der Waals surface area contributed by atoms with Gasteiger partial charge in [-0.25, -0.2) is 0 Å². The first kappa shape index (κ1) is 13.7. The minimum atomic E-state index is -0.0118. The van der Waals surface area contributed by atoms with Gasteiger partial charge in [0, 0.05) is 12.2 Å². The van der Waals surface area contributed by atoms with E-state index < -0.39 is 0 Å². The van der Waals surface area contributed by atoms with Gasteiger partial charge in [0.15, 0.2) is 0 Å². The van der Waals surface area contributed by atoms with Crippen LogP contribution in [0.25, 0.3) is 0 Å². The Bertz CT molecular complexity index is 528. The molecule has 0 aliphatic heterocycles. The topological polar surface area (TPSA) is 3.24 Å². The Labute approximate surface area is 116 Å². The van der Waals surface area contributed by atoms with Crippen LogP contribution in [0.5, 0.6) is 0 Å². The number of hydrogen-bond acceptors (Lipinski definition) is 1. The predicted octanol–water partition coefficient (Wildman–Crippen LogP) is 4.76. The van der Waals surface area contributed by atoms with Gasteiger partial charge in [0.1, 0.15) is 0 Å². The van der Waals surface area contributed by atoms with Crippen molar-refractivity contribution in [3.05, 3.63) is 65.7 Å². The molecule has 0 bridgehead atoms. The Morgan fingerprint density at radius 3 is 2.05 bits per heavy atom. The Morgan fingerprint density at radius 1 is 0.895 bits per heavy atom. The number of hydrogen-bond donors (Lipinski definition) is 0. The smallest absolute Gasteiger partial charge is 0.0597 e. The van der Waals surface area contributed by atoms with Gasteiger partial charge in [-0.1, -0.05) is 48.5 Å². The maximum Gasteiger partial charge on any atom is 0.0597 e. The molecule has 0 saturated heterocycles. The lowest BCUT2D eigenvalue weighted by Gasteiger charge is -2.41. The van der Waals surface area contributed by atoms with Gasteiger partial charge in [-0.15, -0.1) is 0 Å². The van der Waals surface area contributed by atoms with Crippen LogP contribution in [-0.4, -0.2) is 6.54 Å². The summed E-state index contributed by atoms with van der Waals surface area (Å²) in [6.07, 6.45) is 0. The third-order valence-electron chi connectivity index (χ3n) is 3.88. The molecular weight excluding hydrogens is 230 g/mol. The standard InChI is InChI=1S/C18H23N/c1-5-19(17-14-10-9-11-15(17)2)18(3,4)16-12-7-6-8-13-16/h6-14H,5H2,1-4H3. The molecule has 0 amide bonds. The van der Waals surface area contributed by atoms with Crippen molar-refractivity contribution in [3.63, 3.8) is 0 Å². The summed E-state index contributed by atoms with van der Waals surface area (Å²) >= 11 is 0. The Hall–Kier alpha value is -1.76. The molecular formula is C18H23N. The number of benzene rings is 2. The second-order valence-corrected chi connectivity index (χ2v) is 5.46. The number of anilines is 1. The molecule has 100 valence electrons. The fourth-order valence-electron chi connectivity index (χ4n) is 2.73. The third-order valence-corrected chi connectivity index (χ3v) is 3.88. The van der Waals surface area contributed by atoms with Crippen molar-refractivity contribution in [1.29, 1.82) is 0 Å². The van der Waals surface area contributed by atoms with Crippen LogP contribution in [0, 0.1) is 6.92 Å². The van der Waals surface area contributed by atoms with Crippen molar-refractivity contribution in [2.24, 2.45) is 0 Å². The molecule has 0 radical (unpaired) electrons. The average Bonchev–Trinajstić information content (AvgIpc) is 2.42. The lowest BCUT2D eigenvalue weighted by molar-refractivity contribution is 0.489.